The van der Waals surface area contributed by atoms with Crippen LogP contribution in [0.4, 0.5) is 0 Å². The van der Waals surface area contributed by atoms with Crippen LogP contribution in [0.1, 0.15) is 56.0 Å². The number of nitrogens with one attached hydrogen (secondary N) is 1. The molecule has 1 aromatic carbocycles. The van der Waals surface area contributed by atoms with Crippen molar-refractivity contribution in [1.82, 2.24) is 5.32 Å². The molecule has 0 fully saturated rings. The van der Waals surface area contributed by atoms with E-state index in [-0.39, 0.29) is 0 Å². The highest BCUT2D eigenvalue weighted by atomic mass is 16.3. The Kier molecular flexibility index (Phi) is 6.55. The molecule has 0 bridgehead atoms. The van der Waals surface area contributed by atoms with Gasteiger partial charge < -0.3 is 9.73 Å². The van der Waals surface area contributed by atoms with Crippen molar-refractivity contribution in [1.29, 1.82) is 0 Å². The molecule has 0 aliphatic carbocycles. The van der Waals surface area contributed by atoms with Gasteiger partial charge in [-0.25, -0.2) is 0 Å². The van der Waals surface area contributed by atoms with Gasteiger partial charge in [-0.1, -0.05) is 44.2 Å². The van der Waals surface area contributed by atoms with Crippen LogP contribution in [0.3, 0.4) is 0 Å². The highest BCUT2D eigenvalue weighted by molar-refractivity contribution is 5.22. The van der Waals surface area contributed by atoms with Gasteiger partial charge in [0.25, 0.3) is 0 Å². The minimum atomic E-state index is 0.419. The fraction of sp³-hybridized carbons (Fsp3) is 0.474. The molecule has 1 N–H and O–H groups in total. The van der Waals surface area contributed by atoms with Crippen molar-refractivity contribution in [3.63, 3.8) is 0 Å². The first kappa shape index (κ1) is 15.8. The highest BCUT2D eigenvalue weighted by Gasteiger charge is 2.16. The van der Waals surface area contributed by atoms with E-state index in [1.807, 2.05) is 6.26 Å². The molecule has 2 rings (SSSR count). The Morgan fingerprint density at radius 2 is 1.90 bits per heavy atom. The van der Waals surface area contributed by atoms with Crippen LogP contribution in [0.2, 0.25) is 0 Å². The Balaban J connectivity index is 1.93. The van der Waals surface area contributed by atoms with Crippen molar-refractivity contribution in [3.05, 3.63) is 59.5 Å². The Hall–Kier alpha value is -1.54. The molecule has 0 amide bonds. The van der Waals surface area contributed by atoms with Gasteiger partial charge in [0.05, 0.1) is 6.26 Å². The van der Waals surface area contributed by atoms with Crippen LogP contribution in [0.15, 0.2) is 47.1 Å². The van der Waals surface area contributed by atoms with Gasteiger partial charge in [-0.05, 0) is 43.9 Å². The van der Waals surface area contributed by atoms with Gasteiger partial charge >= 0.3 is 0 Å². The normalized spacial score (nSPS) is 12.5. The third-order valence-electron chi connectivity index (χ3n) is 3.92. The van der Waals surface area contributed by atoms with Gasteiger partial charge in [0.15, 0.2) is 0 Å². The van der Waals surface area contributed by atoms with Crippen molar-refractivity contribution in [2.45, 2.75) is 52.0 Å². The molecule has 2 aromatic rings. The van der Waals surface area contributed by atoms with Gasteiger partial charge in [0.2, 0.25) is 0 Å². The van der Waals surface area contributed by atoms with E-state index in [2.05, 4.69) is 55.6 Å². The van der Waals surface area contributed by atoms with Gasteiger partial charge in [0.1, 0.15) is 5.76 Å². The molecule has 0 aliphatic heterocycles. The third-order valence-corrected chi connectivity index (χ3v) is 3.92. The molecule has 1 atom stereocenters. The second kappa shape index (κ2) is 8.68. The smallest absolute Gasteiger partial charge is 0.108 e. The standard InChI is InChI=1S/C19H27NO/c1-3-14-20-18(17-13-15-21-19(17)4-2)12-8-11-16-9-6-5-7-10-16/h5-7,9-10,13,15,18,20H,3-4,8,11-12,14H2,1-2H3. The zero-order valence-corrected chi connectivity index (χ0v) is 13.3. The fourth-order valence-electron chi connectivity index (χ4n) is 2.79. The number of benzene rings is 1. The summed E-state index contributed by atoms with van der Waals surface area (Å²) in [4.78, 5) is 0. The molecule has 1 unspecified atom stereocenters. The Bertz CT molecular complexity index is 503. The molecule has 21 heavy (non-hydrogen) atoms. The van der Waals surface area contributed by atoms with Crippen LogP contribution < -0.4 is 5.32 Å². The molecule has 114 valence electrons. The SMILES string of the molecule is CCCNC(CCCc1ccccc1)c1ccoc1CC. The summed E-state index contributed by atoms with van der Waals surface area (Å²) in [7, 11) is 0. The summed E-state index contributed by atoms with van der Waals surface area (Å²) in [5.74, 6) is 1.13. The van der Waals surface area contributed by atoms with Crippen molar-refractivity contribution >= 4 is 0 Å². The van der Waals surface area contributed by atoms with E-state index in [9.17, 15) is 0 Å². The summed E-state index contributed by atoms with van der Waals surface area (Å²) in [5.41, 5.74) is 2.77. The van der Waals surface area contributed by atoms with E-state index < -0.39 is 0 Å². The zero-order valence-electron chi connectivity index (χ0n) is 13.3. The molecule has 0 saturated carbocycles. The van der Waals surface area contributed by atoms with Crippen molar-refractivity contribution in [2.75, 3.05) is 6.54 Å². The van der Waals surface area contributed by atoms with Crippen LogP contribution in [0, 0.1) is 0 Å². The van der Waals surface area contributed by atoms with Crippen LogP contribution in [-0.4, -0.2) is 6.54 Å². The quantitative estimate of drug-likeness (QED) is 0.708. The minimum absolute atomic E-state index is 0.419. The zero-order chi connectivity index (χ0) is 14.9. The van der Waals surface area contributed by atoms with Crippen molar-refractivity contribution < 1.29 is 4.42 Å². The van der Waals surface area contributed by atoms with Gasteiger partial charge in [-0.2, -0.15) is 0 Å². The maximum Gasteiger partial charge on any atom is 0.108 e. The Morgan fingerprint density at radius 1 is 1.10 bits per heavy atom. The second-order valence-corrected chi connectivity index (χ2v) is 5.54. The maximum atomic E-state index is 5.60. The first-order chi connectivity index (χ1) is 10.3. The number of hydrogen-bond acceptors (Lipinski definition) is 2. The molecule has 2 heteroatoms. The summed E-state index contributed by atoms with van der Waals surface area (Å²) < 4.78 is 5.60. The summed E-state index contributed by atoms with van der Waals surface area (Å²) in [6, 6.07) is 13.3. The van der Waals surface area contributed by atoms with Gasteiger partial charge in [-0.3, -0.25) is 0 Å². The predicted molar refractivity (Wildman–Crippen MR) is 88.5 cm³/mol. The lowest BCUT2D eigenvalue weighted by Gasteiger charge is -2.18. The molecule has 0 aliphatic rings. The average Bonchev–Trinajstić information content (AvgIpc) is 3.00. The topological polar surface area (TPSA) is 25.2 Å². The average molecular weight is 285 g/mol. The van der Waals surface area contributed by atoms with E-state index in [0.29, 0.717) is 6.04 Å². The number of furan rings is 1. The molecule has 0 saturated heterocycles. The van der Waals surface area contributed by atoms with Crippen LogP contribution in [0.5, 0.6) is 0 Å². The summed E-state index contributed by atoms with van der Waals surface area (Å²) in [6.45, 7) is 5.43. The third kappa shape index (κ3) is 4.75. The molecular formula is C19H27NO. The van der Waals surface area contributed by atoms with E-state index in [1.54, 1.807) is 0 Å². The minimum Gasteiger partial charge on any atom is -0.469 e. The molecular weight excluding hydrogens is 258 g/mol. The first-order valence-electron chi connectivity index (χ1n) is 8.18. The van der Waals surface area contributed by atoms with E-state index in [1.165, 1.54) is 17.5 Å². The lowest BCUT2D eigenvalue weighted by molar-refractivity contribution is 0.459. The Morgan fingerprint density at radius 3 is 2.62 bits per heavy atom. The van der Waals surface area contributed by atoms with E-state index >= 15 is 0 Å². The number of aryl methyl sites for hydroxylation is 2. The molecule has 1 heterocycles. The summed E-state index contributed by atoms with van der Waals surface area (Å²) in [5, 5.41) is 3.67. The van der Waals surface area contributed by atoms with Crippen molar-refractivity contribution in [2.24, 2.45) is 0 Å². The molecule has 0 spiro atoms. The Labute approximate surface area is 128 Å². The monoisotopic (exact) mass is 285 g/mol. The molecule has 0 radical (unpaired) electrons. The highest BCUT2D eigenvalue weighted by Crippen LogP contribution is 2.25. The van der Waals surface area contributed by atoms with Gasteiger partial charge in [0, 0.05) is 18.0 Å². The lowest BCUT2D eigenvalue weighted by atomic mass is 9.98. The first-order valence-corrected chi connectivity index (χ1v) is 8.18. The van der Waals surface area contributed by atoms with Crippen LogP contribution in [-0.2, 0) is 12.8 Å². The molecule has 1 aromatic heterocycles. The maximum absolute atomic E-state index is 5.60. The molecule has 2 nitrogen and oxygen atoms in total. The lowest BCUT2D eigenvalue weighted by Crippen LogP contribution is -2.22. The second-order valence-electron chi connectivity index (χ2n) is 5.54. The largest absolute Gasteiger partial charge is 0.469 e. The number of rotatable bonds is 9. The summed E-state index contributed by atoms with van der Waals surface area (Å²) in [6.07, 6.45) is 7.44. The van der Waals surface area contributed by atoms with Crippen LogP contribution >= 0.6 is 0 Å². The summed E-state index contributed by atoms with van der Waals surface area (Å²) >= 11 is 0. The predicted octanol–water partition coefficient (Wildman–Crippen LogP) is 4.91. The fourth-order valence-corrected chi connectivity index (χ4v) is 2.79. The number of hydrogen-bond donors (Lipinski definition) is 1. The van der Waals surface area contributed by atoms with E-state index in [4.69, 9.17) is 4.42 Å². The van der Waals surface area contributed by atoms with Crippen LogP contribution in [0.25, 0.3) is 0 Å². The van der Waals surface area contributed by atoms with Gasteiger partial charge in [-0.15, -0.1) is 0 Å². The van der Waals surface area contributed by atoms with Crippen molar-refractivity contribution in [3.8, 4) is 0 Å². The van der Waals surface area contributed by atoms with E-state index in [0.717, 1.165) is 38.0 Å².